The third-order valence-electron chi connectivity index (χ3n) is 2.26. The molecular formula is C13H22N2O3. The number of hydrogen-bond donors (Lipinski definition) is 1. The van der Waals surface area contributed by atoms with Crippen molar-refractivity contribution in [2.75, 3.05) is 26.9 Å². The summed E-state index contributed by atoms with van der Waals surface area (Å²) in [4.78, 5) is 4.12. The van der Waals surface area contributed by atoms with Crippen LogP contribution in [0, 0.1) is 0 Å². The first kappa shape index (κ1) is 14.9. The van der Waals surface area contributed by atoms with Gasteiger partial charge < -0.3 is 19.9 Å². The molecule has 0 aliphatic rings. The number of rotatable bonds is 8. The molecule has 0 aliphatic carbocycles. The molecule has 0 amide bonds. The highest BCUT2D eigenvalue weighted by atomic mass is 16.5. The molecule has 1 heterocycles. The van der Waals surface area contributed by atoms with E-state index in [0.29, 0.717) is 19.8 Å². The number of nitrogens with two attached hydrogens (primary N) is 1. The van der Waals surface area contributed by atoms with Crippen LogP contribution < -0.4 is 10.5 Å². The summed E-state index contributed by atoms with van der Waals surface area (Å²) in [5, 5.41) is 0. The first-order chi connectivity index (χ1) is 8.63. The summed E-state index contributed by atoms with van der Waals surface area (Å²) in [7, 11) is 1.64. The normalized spacial score (nSPS) is 12.7. The minimum absolute atomic E-state index is 0.122. The molecule has 5 heteroatoms. The van der Waals surface area contributed by atoms with Crippen molar-refractivity contribution in [3.05, 3.63) is 24.0 Å². The fourth-order valence-electron chi connectivity index (χ4n) is 1.42. The van der Waals surface area contributed by atoms with E-state index in [2.05, 4.69) is 4.98 Å². The molecule has 0 bridgehead atoms. The summed E-state index contributed by atoms with van der Waals surface area (Å²) < 4.78 is 15.9. The molecule has 0 radical (unpaired) electrons. The van der Waals surface area contributed by atoms with E-state index in [9.17, 15) is 0 Å². The highest BCUT2D eigenvalue weighted by molar-refractivity contribution is 5.26. The summed E-state index contributed by atoms with van der Waals surface area (Å²) in [6.07, 6.45) is 3.54. The van der Waals surface area contributed by atoms with E-state index in [1.807, 2.05) is 19.9 Å². The fourth-order valence-corrected chi connectivity index (χ4v) is 1.42. The Morgan fingerprint density at radius 2 is 2.06 bits per heavy atom. The van der Waals surface area contributed by atoms with Gasteiger partial charge in [0.05, 0.1) is 38.2 Å². The van der Waals surface area contributed by atoms with Gasteiger partial charge in [-0.1, -0.05) is 0 Å². The smallest absolute Gasteiger partial charge is 0.138 e. The standard InChI is InChI=1S/C13H22N2O3/c1-10(2)18-12-6-11(7-15-8-12)13(14)9-17-5-4-16-3/h6-8,10,13H,4-5,9,14H2,1-3H3. The highest BCUT2D eigenvalue weighted by Crippen LogP contribution is 2.17. The molecule has 18 heavy (non-hydrogen) atoms. The van der Waals surface area contributed by atoms with Gasteiger partial charge in [0, 0.05) is 13.3 Å². The maximum absolute atomic E-state index is 6.02. The first-order valence-electron chi connectivity index (χ1n) is 6.07. The predicted octanol–water partition coefficient (Wildman–Crippen LogP) is 1.53. The monoisotopic (exact) mass is 254 g/mol. The Balaban J connectivity index is 2.48. The zero-order valence-corrected chi connectivity index (χ0v) is 11.3. The molecule has 1 rings (SSSR count). The van der Waals surface area contributed by atoms with Crippen LogP contribution in [-0.2, 0) is 9.47 Å². The minimum Gasteiger partial charge on any atom is -0.489 e. The van der Waals surface area contributed by atoms with Crippen molar-refractivity contribution in [1.82, 2.24) is 4.98 Å². The van der Waals surface area contributed by atoms with Gasteiger partial charge in [-0.2, -0.15) is 0 Å². The highest BCUT2D eigenvalue weighted by Gasteiger charge is 2.08. The predicted molar refractivity (Wildman–Crippen MR) is 69.6 cm³/mol. The maximum Gasteiger partial charge on any atom is 0.138 e. The van der Waals surface area contributed by atoms with Crippen LogP contribution in [0.2, 0.25) is 0 Å². The van der Waals surface area contributed by atoms with E-state index in [0.717, 1.165) is 11.3 Å². The van der Waals surface area contributed by atoms with Crippen molar-refractivity contribution in [3.8, 4) is 5.75 Å². The Kier molecular flexibility index (Phi) is 6.64. The van der Waals surface area contributed by atoms with Crippen LogP contribution in [0.15, 0.2) is 18.5 Å². The Hall–Kier alpha value is -1.17. The van der Waals surface area contributed by atoms with Gasteiger partial charge in [-0.05, 0) is 25.5 Å². The van der Waals surface area contributed by atoms with Crippen molar-refractivity contribution in [3.63, 3.8) is 0 Å². The van der Waals surface area contributed by atoms with Crippen molar-refractivity contribution < 1.29 is 14.2 Å². The Morgan fingerprint density at radius 1 is 1.28 bits per heavy atom. The van der Waals surface area contributed by atoms with Crippen molar-refractivity contribution in [2.45, 2.75) is 26.0 Å². The number of hydrogen-bond acceptors (Lipinski definition) is 5. The van der Waals surface area contributed by atoms with Crippen LogP contribution in [0.5, 0.6) is 5.75 Å². The minimum atomic E-state index is -0.204. The van der Waals surface area contributed by atoms with Gasteiger partial charge in [-0.15, -0.1) is 0 Å². The molecule has 0 aromatic carbocycles. The average Bonchev–Trinajstić information content (AvgIpc) is 2.34. The second-order valence-corrected chi connectivity index (χ2v) is 4.29. The first-order valence-corrected chi connectivity index (χ1v) is 6.07. The number of pyridine rings is 1. The van der Waals surface area contributed by atoms with E-state index in [1.165, 1.54) is 0 Å². The number of ether oxygens (including phenoxy) is 3. The summed E-state index contributed by atoms with van der Waals surface area (Å²) >= 11 is 0. The van der Waals surface area contributed by atoms with Crippen LogP contribution in [0.25, 0.3) is 0 Å². The lowest BCUT2D eigenvalue weighted by atomic mass is 10.1. The molecule has 1 aromatic rings. The van der Waals surface area contributed by atoms with Gasteiger partial charge >= 0.3 is 0 Å². The quantitative estimate of drug-likeness (QED) is 0.713. The van der Waals surface area contributed by atoms with Crippen LogP contribution >= 0.6 is 0 Å². The number of aromatic nitrogens is 1. The molecule has 1 aromatic heterocycles. The molecule has 102 valence electrons. The van der Waals surface area contributed by atoms with E-state index in [1.54, 1.807) is 19.5 Å². The Bertz CT molecular complexity index is 345. The third-order valence-corrected chi connectivity index (χ3v) is 2.26. The third kappa shape index (κ3) is 5.44. The van der Waals surface area contributed by atoms with E-state index in [-0.39, 0.29) is 12.1 Å². The van der Waals surface area contributed by atoms with Gasteiger partial charge in [0.25, 0.3) is 0 Å². The van der Waals surface area contributed by atoms with E-state index in [4.69, 9.17) is 19.9 Å². The van der Waals surface area contributed by atoms with Crippen LogP contribution in [0.3, 0.4) is 0 Å². The SMILES string of the molecule is COCCOCC(N)c1cncc(OC(C)C)c1. The lowest BCUT2D eigenvalue weighted by Crippen LogP contribution is -2.19. The molecule has 0 saturated heterocycles. The van der Waals surface area contributed by atoms with Crippen molar-refractivity contribution >= 4 is 0 Å². The summed E-state index contributed by atoms with van der Waals surface area (Å²) in [6.45, 7) is 5.50. The van der Waals surface area contributed by atoms with Crippen LogP contribution in [0.4, 0.5) is 0 Å². The summed E-state index contributed by atoms with van der Waals surface area (Å²) in [6, 6.07) is 1.70. The second-order valence-electron chi connectivity index (χ2n) is 4.29. The lowest BCUT2D eigenvalue weighted by Gasteiger charge is -2.14. The average molecular weight is 254 g/mol. The molecule has 0 spiro atoms. The molecule has 1 atom stereocenters. The van der Waals surface area contributed by atoms with E-state index < -0.39 is 0 Å². The molecule has 0 fully saturated rings. The van der Waals surface area contributed by atoms with Gasteiger partial charge in [0.1, 0.15) is 5.75 Å². The van der Waals surface area contributed by atoms with Gasteiger partial charge in [-0.25, -0.2) is 0 Å². The molecule has 2 N–H and O–H groups in total. The Morgan fingerprint density at radius 3 is 2.72 bits per heavy atom. The topological polar surface area (TPSA) is 66.6 Å². The second kappa shape index (κ2) is 8.02. The summed E-state index contributed by atoms with van der Waals surface area (Å²) in [5.41, 5.74) is 6.92. The zero-order valence-electron chi connectivity index (χ0n) is 11.3. The molecule has 0 saturated carbocycles. The fraction of sp³-hybridized carbons (Fsp3) is 0.615. The summed E-state index contributed by atoms with van der Waals surface area (Å²) in [5.74, 6) is 0.731. The largest absolute Gasteiger partial charge is 0.489 e. The lowest BCUT2D eigenvalue weighted by molar-refractivity contribution is 0.0635. The molecule has 5 nitrogen and oxygen atoms in total. The van der Waals surface area contributed by atoms with Gasteiger partial charge in [-0.3, -0.25) is 4.98 Å². The van der Waals surface area contributed by atoms with Crippen LogP contribution in [0.1, 0.15) is 25.5 Å². The molecular weight excluding hydrogens is 232 g/mol. The number of nitrogens with zero attached hydrogens (tertiary/aromatic N) is 1. The maximum atomic E-state index is 6.02. The molecule has 0 aliphatic heterocycles. The zero-order chi connectivity index (χ0) is 13.4. The van der Waals surface area contributed by atoms with Gasteiger partial charge in [0.15, 0.2) is 0 Å². The van der Waals surface area contributed by atoms with Gasteiger partial charge in [0.2, 0.25) is 0 Å². The van der Waals surface area contributed by atoms with Crippen LogP contribution in [-0.4, -0.2) is 38.0 Å². The van der Waals surface area contributed by atoms with Crippen molar-refractivity contribution in [1.29, 1.82) is 0 Å². The van der Waals surface area contributed by atoms with E-state index >= 15 is 0 Å². The number of methoxy groups -OCH3 is 1. The molecule has 1 unspecified atom stereocenters. The van der Waals surface area contributed by atoms with Crippen molar-refractivity contribution in [2.24, 2.45) is 5.73 Å². The Labute approximate surface area is 108 Å².